The molecule has 2 nitrogen and oxygen atoms in total. The van der Waals surface area contributed by atoms with Gasteiger partial charge in [0.05, 0.1) is 6.42 Å². The molecule has 0 N–H and O–H groups in total. The molecule has 1 saturated heterocycles. The molecule has 0 saturated carbocycles. The molecule has 1 heterocycles. The lowest BCUT2D eigenvalue weighted by Crippen LogP contribution is -2.40. The maximum absolute atomic E-state index is 13.5. The summed E-state index contributed by atoms with van der Waals surface area (Å²) in [5, 5.41) is 0. The van der Waals surface area contributed by atoms with Crippen LogP contribution in [-0.4, -0.2) is 23.9 Å². The smallest absolute Gasteiger partial charge is 0.227 e. The highest BCUT2D eigenvalue weighted by Crippen LogP contribution is 2.19. The molecule has 2 rings (SSSR count). The lowest BCUT2D eigenvalue weighted by molar-refractivity contribution is -0.132. The third kappa shape index (κ3) is 3.28. The first-order valence-corrected chi connectivity index (χ1v) is 6.38. The Morgan fingerprint density at radius 2 is 1.95 bits per heavy atom. The molecule has 0 bridgehead atoms. The standard InChI is InChI=1S/C14H16F3NO/c1-9-3-2-4-18(8-9)14(19)7-11-12(16)5-10(15)6-13(11)17/h5-6,9H,2-4,7-8H2,1H3. The van der Waals surface area contributed by atoms with E-state index in [0.29, 0.717) is 31.1 Å². The molecular formula is C14H16F3NO. The van der Waals surface area contributed by atoms with Gasteiger partial charge in [0, 0.05) is 30.8 Å². The van der Waals surface area contributed by atoms with Crippen molar-refractivity contribution in [2.45, 2.75) is 26.2 Å². The molecule has 1 aliphatic heterocycles. The van der Waals surface area contributed by atoms with Crippen LogP contribution in [0.15, 0.2) is 12.1 Å². The molecule has 104 valence electrons. The monoisotopic (exact) mass is 271 g/mol. The summed E-state index contributed by atoms with van der Waals surface area (Å²) in [6.07, 6.45) is 1.61. The van der Waals surface area contributed by atoms with Gasteiger partial charge in [0.15, 0.2) is 0 Å². The molecule has 0 radical (unpaired) electrons. The zero-order chi connectivity index (χ0) is 14.0. The molecule has 19 heavy (non-hydrogen) atoms. The number of rotatable bonds is 2. The average Bonchev–Trinajstić information content (AvgIpc) is 2.33. The van der Waals surface area contributed by atoms with Gasteiger partial charge in [0.1, 0.15) is 17.5 Å². The highest BCUT2D eigenvalue weighted by Gasteiger charge is 2.23. The van der Waals surface area contributed by atoms with Gasteiger partial charge in [-0.25, -0.2) is 13.2 Å². The largest absolute Gasteiger partial charge is 0.342 e. The summed E-state index contributed by atoms with van der Waals surface area (Å²) in [6.45, 7) is 3.27. The topological polar surface area (TPSA) is 20.3 Å². The molecular weight excluding hydrogens is 255 g/mol. The van der Waals surface area contributed by atoms with Crippen LogP contribution in [-0.2, 0) is 11.2 Å². The minimum Gasteiger partial charge on any atom is -0.342 e. The van der Waals surface area contributed by atoms with Crippen molar-refractivity contribution in [2.24, 2.45) is 5.92 Å². The number of hydrogen-bond acceptors (Lipinski definition) is 1. The van der Waals surface area contributed by atoms with Crippen molar-refractivity contribution < 1.29 is 18.0 Å². The minimum absolute atomic E-state index is 0.309. The number of carbonyl (C=O) groups excluding carboxylic acids is 1. The fourth-order valence-electron chi connectivity index (χ4n) is 2.42. The predicted octanol–water partition coefficient (Wildman–Crippen LogP) is 2.90. The summed E-state index contributed by atoms with van der Waals surface area (Å²) in [7, 11) is 0. The van der Waals surface area contributed by atoms with Crippen LogP contribution in [0.2, 0.25) is 0 Å². The van der Waals surface area contributed by atoms with Crippen LogP contribution in [0.1, 0.15) is 25.3 Å². The number of carbonyl (C=O) groups is 1. The van der Waals surface area contributed by atoms with Gasteiger partial charge >= 0.3 is 0 Å². The second-order valence-corrected chi connectivity index (χ2v) is 5.11. The van der Waals surface area contributed by atoms with Crippen molar-refractivity contribution in [3.8, 4) is 0 Å². The molecule has 1 aliphatic rings. The molecule has 1 aromatic carbocycles. The summed E-state index contributed by atoms with van der Waals surface area (Å²) >= 11 is 0. The lowest BCUT2D eigenvalue weighted by atomic mass is 9.99. The van der Waals surface area contributed by atoms with E-state index in [4.69, 9.17) is 0 Å². The summed E-state index contributed by atoms with van der Waals surface area (Å²) in [5.41, 5.74) is -0.357. The normalized spacial score (nSPS) is 19.6. The van der Waals surface area contributed by atoms with Gasteiger partial charge in [-0.2, -0.15) is 0 Å². The van der Waals surface area contributed by atoms with Gasteiger partial charge < -0.3 is 4.90 Å². The zero-order valence-electron chi connectivity index (χ0n) is 10.8. The van der Waals surface area contributed by atoms with Crippen LogP contribution in [0.4, 0.5) is 13.2 Å². The zero-order valence-corrected chi connectivity index (χ0v) is 10.8. The van der Waals surface area contributed by atoms with Gasteiger partial charge in [-0.05, 0) is 18.8 Å². The van der Waals surface area contributed by atoms with Crippen LogP contribution >= 0.6 is 0 Å². The first-order chi connectivity index (χ1) is 8.97. The number of likely N-dealkylation sites (tertiary alicyclic amines) is 1. The maximum Gasteiger partial charge on any atom is 0.227 e. The van der Waals surface area contributed by atoms with Crippen LogP contribution in [0.5, 0.6) is 0 Å². The molecule has 1 amide bonds. The molecule has 5 heteroatoms. The van der Waals surface area contributed by atoms with Crippen molar-refractivity contribution in [2.75, 3.05) is 13.1 Å². The first-order valence-electron chi connectivity index (χ1n) is 6.38. The number of nitrogens with zero attached hydrogens (tertiary/aromatic N) is 1. The fourth-order valence-corrected chi connectivity index (χ4v) is 2.42. The second kappa shape index (κ2) is 5.63. The SMILES string of the molecule is CC1CCCN(C(=O)Cc2c(F)cc(F)cc2F)C1. The Kier molecular flexibility index (Phi) is 4.12. The molecule has 0 aromatic heterocycles. The summed E-state index contributed by atoms with van der Waals surface area (Å²) in [5.74, 6) is -2.89. The fraction of sp³-hybridized carbons (Fsp3) is 0.500. The summed E-state index contributed by atoms with van der Waals surface area (Å²) in [4.78, 5) is 13.6. The summed E-state index contributed by atoms with van der Waals surface area (Å²) in [6, 6.07) is 1.20. The van der Waals surface area contributed by atoms with Gasteiger partial charge in [0.25, 0.3) is 0 Å². The van der Waals surface area contributed by atoms with E-state index >= 15 is 0 Å². The average molecular weight is 271 g/mol. The second-order valence-electron chi connectivity index (χ2n) is 5.11. The highest BCUT2D eigenvalue weighted by atomic mass is 19.1. The first kappa shape index (κ1) is 13.9. The van der Waals surface area contributed by atoms with Crippen LogP contribution in [0.3, 0.4) is 0 Å². The molecule has 1 fully saturated rings. The van der Waals surface area contributed by atoms with Crippen molar-refractivity contribution in [3.05, 3.63) is 35.1 Å². The molecule has 0 aliphatic carbocycles. The number of hydrogen-bond donors (Lipinski definition) is 0. The van der Waals surface area contributed by atoms with Gasteiger partial charge in [-0.1, -0.05) is 6.92 Å². The summed E-state index contributed by atoms with van der Waals surface area (Å²) < 4.78 is 39.7. The minimum atomic E-state index is -1.00. The van der Waals surface area contributed by atoms with Crippen molar-refractivity contribution in [1.82, 2.24) is 4.90 Å². The van der Waals surface area contributed by atoms with E-state index in [0.717, 1.165) is 12.8 Å². The molecule has 1 unspecified atom stereocenters. The number of halogens is 3. The Morgan fingerprint density at radius 1 is 1.32 bits per heavy atom. The van der Waals surface area contributed by atoms with Crippen molar-refractivity contribution in [1.29, 1.82) is 0 Å². The Bertz CT molecular complexity index is 467. The van der Waals surface area contributed by atoms with Crippen LogP contribution in [0.25, 0.3) is 0 Å². The van der Waals surface area contributed by atoms with E-state index in [1.165, 1.54) is 0 Å². The third-order valence-corrected chi connectivity index (χ3v) is 3.44. The Hall–Kier alpha value is -1.52. The lowest BCUT2D eigenvalue weighted by Gasteiger charge is -2.31. The van der Waals surface area contributed by atoms with E-state index in [9.17, 15) is 18.0 Å². The van der Waals surface area contributed by atoms with Gasteiger partial charge in [-0.3, -0.25) is 4.79 Å². The quantitative estimate of drug-likeness (QED) is 0.810. The van der Waals surface area contributed by atoms with E-state index in [1.54, 1.807) is 4.90 Å². The number of piperidine rings is 1. The third-order valence-electron chi connectivity index (χ3n) is 3.44. The Balaban J connectivity index is 2.10. The highest BCUT2D eigenvalue weighted by molar-refractivity contribution is 5.79. The maximum atomic E-state index is 13.5. The Morgan fingerprint density at radius 3 is 2.53 bits per heavy atom. The molecule has 1 aromatic rings. The van der Waals surface area contributed by atoms with E-state index in [2.05, 4.69) is 0 Å². The van der Waals surface area contributed by atoms with Gasteiger partial charge in [0.2, 0.25) is 5.91 Å². The number of benzene rings is 1. The van der Waals surface area contributed by atoms with Crippen LogP contribution < -0.4 is 0 Å². The Labute approximate surface area is 110 Å². The van der Waals surface area contributed by atoms with Crippen molar-refractivity contribution >= 4 is 5.91 Å². The van der Waals surface area contributed by atoms with Crippen molar-refractivity contribution in [3.63, 3.8) is 0 Å². The number of amides is 1. The predicted molar refractivity (Wildman–Crippen MR) is 65.0 cm³/mol. The van der Waals surface area contributed by atoms with Crippen LogP contribution in [0, 0.1) is 23.4 Å². The molecule has 1 atom stereocenters. The van der Waals surface area contributed by atoms with E-state index in [-0.39, 0.29) is 17.9 Å². The van der Waals surface area contributed by atoms with E-state index < -0.39 is 17.5 Å². The van der Waals surface area contributed by atoms with Gasteiger partial charge in [-0.15, -0.1) is 0 Å². The van der Waals surface area contributed by atoms with E-state index in [1.807, 2.05) is 6.92 Å². The molecule has 0 spiro atoms.